The van der Waals surface area contributed by atoms with Gasteiger partial charge in [0.2, 0.25) is 5.91 Å². The Kier molecular flexibility index (Phi) is 3.31. The maximum absolute atomic E-state index is 11.3. The molecule has 0 heterocycles. The Bertz CT molecular complexity index is 185. The zero-order valence-corrected chi connectivity index (χ0v) is 8.60. The second-order valence-electron chi connectivity index (χ2n) is 4.58. The standard InChI is InChI=1S/C10H20N2O/c1-8(2)5-9(13)12-7-10(6-11)3-4-10/h8H,3-7,11H2,1-2H3,(H,12,13). The van der Waals surface area contributed by atoms with Gasteiger partial charge in [0.1, 0.15) is 0 Å². The first-order valence-corrected chi connectivity index (χ1v) is 5.05. The Balaban J connectivity index is 2.15. The van der Waals surface area contributed by atoms with Crippen molar-refractivity contribution >= 4 is 5.91 Å². The second kappa shape index (κ2) is 4.09. The van der Waals surface area contributed by atoms with E-state index in [0.29, 0.717) is 18.9 Å². The summed E-state index contributed by atoms with van der Waals surface area (Å²) in [6, 6.07) is 0. The number of nitrogens with one attached hydrogen (secondary N) is 1. The van der Waals surface area contributed by atoms with Crippen LogP contribution in [0.4, 0.5) is 0 Å². The van der Waals surface area contributed by atoms with E-state index in [1.807, 2.05) is 0 Å². The van der Waals surface area contributed by atoms with Gasteiger partial charge in [-0.1, -0.05) is 13.8 Å². The molecule has 1 aliphatic rings. The highest BCUT2D eigenvalue weighted by molar-refractivity contribution is 5.76. The highest BCUT2D eigenvalue weighted by Crippen LogP contribution is 2.43. The number of hydrogen-bond acceptors (Lipinski definition) is 2. The highest BCUT2D eigenvalue weighted by Gasteiger charge is 2.41. The van der Waals surface area contributed by atoms with Gasteiger partial charge in [0.05, 0.1) is 0 Å². The van der Waals surface area contributed by atoms with Crippen LogP contribution in [0.5, 0.6) is 0 Å². The number of amides is 1. The van der Waals surface area contributed by atoms with Crippen molar-refractivity contribution in [2.75, 3.05) is 13.1 Å². The normalized spacial score (nSPS) is 18.8. The van der Waals surface area contributed by atoms with E-state index >= 15 is 0 Å². The van der Waals surface area contributed by atoms with Crippen LogP contribution in [0, 0.1) is 11.3 Å². The summed E-state index contributed by atoms with van der Waals surface area (Å²) in [7, 11) is 0. The van der Waals surface area contributed by atoms with Crippen molar-refractivity contribution in [2.24, 2.45) is 17.1 Å². The van der Waals surface area contributed by atoms with Crippen molar-refractivity contribution in [1.29, 1.82) is 0 Å². The van der Waals surface area contributed by atoms with Crippen molar-refractivity contribution < 1.29 is 4.79 Å². The molecular weight excluding hydrogens is 164 g/mol. The first-order valence-electron chi connectivity index (χ1n) is 5.05. The largest absolute Gasteiger partial charge is 0.355 e. The zero-order chi connectivity index (χ0) is 9.90. The van der Waals surface area contributed by atoms with Gasteiger partial charge in [0.15, 0.2) is 0 Å². The van der Waals surface area contributed by atoms with E-state index in [1.54, 1.807) is 0 Å². The molecule has 3 N–H and O–H groups in total. The molecule has 76 valence electrons. The van der Waals surface area contributed by atoms with E-state index in [4.69, 9.17) is 5.73 Å². The van der Waals surface area contributed by atoms with E-state index in [0.717, 1.165) is 6.54 Å². The zero-order valence-electron chi connectivity index (χ0n) is 8.60. The van der Waals surface area contributed by atoms with Crippen LogP contribution in [0.15, 0.2) is 0 Å². The fourth-order valence-electron chi connectivity index (χ4n) is 1.36. The summed E-state index contributed by atoms with van der Waals surface area (Å²) < 4.78 is 0. The molecule has 1 amide bonds. The first-order chi connectivity index (χ1) is 6.08. The van der Waals surface area contributed by atoms with Crippen LogP contribution in [-0.2, 0) is 4.79 Å². The number of carbonyl (C=O) groups is 1. The number of hydrogen-bond donors (Lipinski definition) is 2. The van der Waals surface area contributed by atoms with Crippen LogP contribution in [0.25, 0.3) is 0 Å². The van der Waals surface area contributed by atoms with Gasteiger partial charge in [-0.3, -0.25) is 4.79 Å². The molecule has 0 bridgehead atoms. The molecule has 0 aliphatic heterocycles. The lowest BCUT2D eigenvalue weighted by Gasteiger charge is -2.13. The van der Waals surface area contributed by atoms with E-state index in [2.05, 4.69) is 19.2 Å². The Morgan fingerprint density at radius 3 is 2.54 bits per heavy atom. The molecule has 3 nitrogen and oxygen atoms in total. The summed E-state index contributed by atoms with van der Waals surface area (Å²) in [5.41, 5.74) is 5.86. The SMILES string of the molecule is CC(C)CC(=O)NCC1(CN)CC1. The second-order valence-corrected chi connectivity index (χ2v) is 4.58. The predicted molar refractivity (Wildman–Crippen MR) is 53.2 cm³/mol. The van der Waals surface area contributed by atoms with Gasteiger partial charge in [0.25, 0.3) is 0 Å². The van der Waals surface area contributed by atoms with Crippen molar-refractivity contribution in [3.05, 3.63) is 0 Å². The molecular formula is C10H20N2O. The van der Waals surface area contributed by atoms with Crippen LogP contribution in [-0.4, -0.2) is 19.0 Å². The van der Waals surface area contributed by atoms with Gasteiger partial charge in [-0.15, -0.1) is 0 Å². The van der Waals surface area contributed by atoms with Gasteiger partial charge in [-0.2, -0.15) is 0 Å². The van der Waals surface area contributed by atoms with Gasteiger partial charge in [-0.05, 0) is 30.7 Å². The van der Waals surface area contributed by atoms with E-state index in [-0.39, 0.29) is 11.3 Å². The number of carbonyl (C=O) groups excluding carboxylic acids is 1. The maximum atomic E-state index is 11.3. The molecule has 0 saturated heterocycles. The van der Waals surface area contributed by atoms with Crippen molar-refractivity contribution in [3.63, 3.8) is 0 Å². The molecule has 1 fully saturated rings. The average molecular weight is 184 g/mol. The fourth-order valence-corrected chi connectivity index (χ4v) is 1.36. The molecule has 0 aromatic carbocycles. The maximum Gasteiger partial charge on any atom is 0.220 e. The van der Waals surface area contributed by atoms with Crippen LogP contribution in [0.1, 0.15) is 33.1 Å². The molecule has 1 aliphatic carbocycles. The van der Waals surface area contributed by atoms with E-state index in [1.165, 1.54) is 12.8 Å². The van der Waals surface area contributed by atoms with Gasteiger partial charge in [-0.25, -0.2) is 0 Å². The smallest absolute Gasteiger partial charge is 0.220 e. The van der Waals surface area contributed by atoms with Crippen LogP contribution in [0.2, 0.25) is 0 Å². The van der Waals surface area contributed by atoms with Gasteiger partial charge in [0, 0.05) is 13.0 Å². The summed E-state index contributed by atoms with van der Waals surface area (Å²) in [6.45, 7) is 5.58. The average Bonchev–Trinajstić information content (AvgIpc) is 2.80. The van der Waals surface area contributed by atoms with Crippen molar-refractivity contribution in [1.82, 2.24) is 5.32 Å². The first kappa shape index (κ1) is 10.5. The third-order valence-corrected chi connectivity index (χ3v) is 2.64. The topological polar surface area (TPSA) is 55.1 Å². The van der Waals surface area contributed by atoms with E-state index < -0.39 is 0 Å². The minimum atomic E-state index is 0.162. The molecule has 0 aromatic heterocycles. The highest BCUT2D eigenvalue weighted by atomic mass is 16.1. The predicted octanol–water partition coefficient (Wildman–Crippen LogP) is 0.888. The fraction of sp³-hybridized carbons (Fsp3) is 0.900. The monoisotopic (exact) mass is 184 g/mol. The summed E-state index contributed by atoms with van der Waals surface area (Å²) in [4.78, 5) is 11.3. The molecule has 0 atom stereocenters. The molecule has 13 heavy (non-hydrogen) atoms. The van der Waals surface area contributed by atoms with Crippen molar-refractivity contribution in [2.45, 2.75) is 33.1 Å². The molecule has 1 saturated carbocycles. The Labute approximate surface area is 80.1 Å². The lowest BCUT2D eigenvalue weighted by molar-refractivity contribution is -0.122. The molecule has 0 spiro atoms. The Morgan fingerprint density at radius 2 is 2.15 bits per heavy atom. The molecule has 3 heteroatoms. The molecule has 0 aromatic rings. The number of nitrogens with two attached hydrogens (primary N) is 1. The van der Waals surface area contributed by atoms with E-state index in [9.17, 15) is 4.79 Å². The van der Waals surface area contributed by atoms with Crippen LogP contribution >= 0.6 is 0 Å². The molecule has 1 rings (SSSR count). The van der Waals surface area contributed by atoms with Gasteiger partial charge < -0.3 is 11.1 Å². The third-order valence-electron chi connectivity index (χ3n) is 2.64. The summed E-state index contributed by atoms with van der Waals surface area (Å²) in [5, 5.41) is 2.95. The Hall–Kier alpha value is -0.570. The van der Waals surface area contributed by atoms with Crippen LogP contribution in [0.3, 0.4) is 0 Å². The van der Waals surface area contributed by atoms with Crippen LogP contribution < -0.4 is 11.1 Å². The molecule has 0 radical (unpaired) electrons. The number of rotatable bonds is 5. The van der Waals surface area contributed by atoms with Crippen molar-refractivity contribution in [3.8, 4) is 0 Å². The summed E-state index contributed by atoms with van der Waals surface area (Å²) >= 11 is 0. The lowest BCUT2D eigenvalue weighted by atomic mass is 10.1. The lowest BCUT2D eigenvalue weighted by Crippen LogP contribution is -2.34. The third kappa shape index (κ3) is 3.35. The quantitative estimate of drug-likeness (QED) is 0.666. The molecule has 0 unspecified atom stereocenters. The summed E-state index contributed by atoms with van der Waals surface area (Å²) in [5.74, 6) is 0.600. The van der Waals surface area contributed by atoms with Gasteiger partial charge >= 0.3 is 0 Å². The summed E-state index contributed by atoms with van der Waals surface area (Å²) in [6.07, 6.45) is 2.97. The Morgan fingerprint density at radius 1 is 1.54 bits per heavy atom. The minimum Gasteiger partial charge on any atom is -0.355 e. The minimum absolute atomic E-state index is 0.162.